The van der Waals surface area contributed by atoms with Crippen molar-refractivity contribution in [3.05, 3.63) is 135 Å². The molecule has 0 spiro atoms. The number of hydrogen-bond acceptors (Lipinski definition) is 5. The number of nitrogens with zero attached hydrogens (tertiary/aromatic N) is 5. The standard InChI is InChI=1S/C35H33F4N5OS.ClH/c1-42(2)20-29-18-40-32(43(29)19-23-6-10-25(11-7-23)26-12-14-27(15-13-26)35(37,38)39)21-44-31-5-3-4-30(31)33(45)41-34(44)46-22-24-8-16-28(36)17-9-24;/h6-18H,3-5,19-22H2,1-2H3;1H. The van der Waals surface area contributed by atoms with Gasteiger partial charge < -0.3 is 14.0 Å². The van der Waals surface area contributed by atoms with Crippen LogP contribution in [0.15, 0.2) is 88.9 Å². The summed E-state index contributed by atoms with van der Waals surface area (Å²) in [7, 11) is 4.00. The molecule has 47 heavy (non-hydrogen) atoms. The SMILES string of the molecule is CN(C)Cc1cnc(Cn2c(SCc3ccc(F)cc3)nc(=O)c3c2CCC3)n1Cc1ccc(-c2ccc(C(F)(F)F)cc2)cc1.Cl. The Hall–Kier alpha value is -3.93. The lowest BCUT2D eigenvalue weighted by molar-refractivity contribution is -0.137. The zero-order chi connectivity index (χ0) is 32.4. The van der Waals surface area contributed by atoms with Gasteiger partial charge in [-0.25, -0.2) is 9.37 Å². The third kappa shape index (κ3) is 7.97. The molecular formula is C35H34ClF4N5OS. The fourth-order valence-electron chi connectivity index (χ4n) is 5.79. The van der Waals surface area contributed by atoms with Crippen LogP contribution in [0.1, 0.15) is 45.9 Å². The molecule has 1 aliphatic carbocycles. The highest BCUT2D eigenvalue weighted by Gasteiger charge is 2.30. The Labute approximate surface area is 280 Å². The zero-order valence-corrected chi connectivity index (χ0v) is 27.6. The number of halogens is 5. The first-order valence-corrected chi connectivity index (χ1v) is 16.0. The summed E-state index contributed by atoms with van der Waals surface area (Å²) in [5, 5.41) is 0.611. The summed E-state index contributed by atoms with van der Waals surface area (Å²) in [4.78, 5) is 24.4. The van der Waals surface area contributed by atoms with Crippen molar-refractivity contribution < 1.29 is 17.6 Å². The van der Waals surface area contributed by atoms with Crippen LogP contribution in [0.2, 0.25) is 0 Å². The van der Waals surface area contributed by atoms with Gasteiger partial charge in [-0.1, -0.05) is 60.3 Å². The highest BCUT2D eigenvalue weighted by atomic mass is 35.5. The largest absolute Gasteiger partial charge is 0.416 e. The number of imidazole rings is 1. The van der Waals surface area contributed by atoms with Crippen LogP contribution in [0.25, 0.3) is 11.1 Å². The first kappa shape index (κ1) is 34.4. The van der Waals surface area contributed by atoms with Crippen molar-refractivity contribution in [3.8, 4) is 11.1 Å². The Balaban J connectivity index is 0.00000433. The molecule has 246 valence electrons. The summed E-state index contributed by atoms with van der Waals surface area (Å²) in [6, 6.07) is 19.3. The molecule has 0 aliphatic heterocycles. The normalized spacial score (nSPS) is 12.7. The van der Waals surface area contributed by atoms with Crippen LogP contribution in [-0.2, 0) is 44.4 Å². The van der Waals surface area contributed by atoms with E-state index in [0.717, 1.165) is 64.4 Å². The van der Waals surface area contributed by atoms with Crippen molar-refractivity contribution in [2.24, 2.45) is 0 Å². The fourth-order valence-corrected chi connectivity index (χ4v) is 6.76. The maximum atomic E-state index is 13.5. The van der Waals surface area contributed by atoms with E-state index in [1.165, 1.54) is 36.0 Å². The van der Waals surface area contributed by atoms with Crippen molar-refractivity contribution >= 4 is 24.2 Å². The van der Waals surface area contributed by atoms with Crippen LogP contribution in [-0.4, -0.2) is 38.1 Å². The smallest absolute Gasteiger partial charge is 0.325 e. The second-order valence-corrected chi connectivity index (χ2v) is 12.7. The van der Waals surface area contributed by atoms with Gasteiger partial charge in [0.1, 0.15) is 11.6 Å². The van der Waals surface area contributed by atoms with Crippen LogP contribution in [0, 0.1) is 5.82 Å². The summed E-state index contributed by atoms with van der Waals surface area (Å²) in [6.07, 6.45) is -0.108. The minimum Gasteiger partial charge on any atom is -0.325 e. The number of thioether (sulfide) groups is 1. The molecule has 0 amide bonds. The van der Waals surface area contributed by atoms with E-state index in [9.17, 15) is 22.4 Å². The van der Waals surface area contributed by atoms with E-state index in [1.54, 1.807) is 12.1 Å². The van der Waals surface area contributed by atoms with Crippen molar-refractivity contribution in [2.45, 2.75) is 56.0 Å². The van der Waals surface area contributed by atoms with E-state index in [1.807, 2.05) is 44.6 Å². The number of hydrogen-bond donors (Lipinski definition) is 0. The van der Waals surface area contributed by atoms with Crippen molar-refractivity contribution in [2.75, 3.05) is 14.1 Å². The van der Waals surface area contributed by atoms with Gasteiger partial charge in [0.2, 0.25) is 0 Å². The van der Waals surface area contributed by atoms with Gasteiger partial charge in [0, 0.05) is 36.3 Å². The Morgan fingerprint density at radius 3 is 2.13 bits per heavy atom. The molecular weight excluding hydrogens is 650 g/mol. The average molecular weight is 684 g/mol. The molecule has 3 aromatic carbocycles. The molecule has 2 heterocycles. The number of fused-ring (bicyclic) bond motifs is 1. The summed E-state index contributed by atoms with van der Waals surface area (Å²) in [5.41, 5.74) is 5.41. The molecule has 0 unspecified atom stereocenters. The van der Waals surface area contributed by atoms with E-state index in [0.29, 0.717) is 42.5 Å². The van der Waals surface area contributed by atoms with Crippen LogP contribution in [0.5, 0.6) is 0 Å². The summed E-state index contributed by atoms with van der Waals surface area (Å²) < 4.78 is 56.8. The van der Waals surface area contributed by atoms with E-state index in [4.69, 9.17) is 4.98 Å². The number of rotatable bonds is 10. The zero-order valence-electron chi connectivity index (χ0n) is 25.9. The Kier molecular flexibility index (Phi) is 10.6. The minimum absolute atomic E-state index is 0. The lowest BCUT2D eigenvalue weighted by Gasteiger charge is -2.19. The molecule has 0 bridgehead atoms. The number of alkyl halides is 3. The Morgan fingerprint density at radius 1 is 0.851 bits per heavy atom. The molecule has 0 N–H and O–H groups in total. The van der Waals surface area contributed by atoms with E-state index in [2.05, 4.69) is 19.0 Å². The molecule has 5 aromatic rings. The maximum absolute atomic E-state index is 13.5. The third-order valence-corrected chi connectivity index (χ3v) is 9.17. The highest BCUT2D eigenvalue weighted by Crippen LogP contribution is 2.31. The molecule has 12 heteroatoms. The van der Waals surface area contributed by atoms with Crippen LogP contribution >= 0.6 is 24.2 Å². The quantitative estimate of drug-likeness (QED) is 0.0861. The van der Waals surface area contributed by atoms with Gasteiger partial charge in [0.25, 0.3) is 5.56 Å². The van der Waals surface area contributed by atoms with Gasteiger partial charge in [-0.2, -0.15) is 18.2 Å². The Bertz CT molecular complexity index is 1890. The molecule has 0 fully saturated rings. The second kappa shape index (κ2) is 14.5. The van der Waals surface area contributed by atoms with Gasteiger partial charge >= 0.3 is 6.18 Å². The van der Waals surface area contributed by atoms with Crippen LogP contribution in [0.3, 0.4) is 0 Å². The molecule has 0 saturated heterocycles. The highest BCUT2D eigenvalue weighted by molar-refractivity contribution is 7.98. The molecule has 1 aliphatic rings. The van der Waals surface area contributed by atoms with E-state index >= 15 is 0 Å². The first-order valence-electron chi connectivity index (χ1n) is 15.0. The van der Waals surface area contributed by atoms with Crippen LogP contribution in [0.4, 0.5) is 17.6 Å². The van der Waals surface area contributed by atoms with Gasteiger partial charge in [0.05, 0.1) is 17.8 Å². The van der Waals surface area contributed by atoms with E-state index < -0.39 is 11.7 Å². The molecule has 0 atom stereocenters. The molecule has 0 saturated carbocycles. The molecule has 6 nitrogen and oxygen atoms in total. The molecule has 2 aromatic heterocycles. The predicted molar refractivity (Wildman–Crippen MR) is 178 cm³/mol. The van der Waals surface area contributed by atoms with E-state index in [-0.39, 0.29) is 23.8 Å². The van der Waals surface area contributed by atoms with Gasteiger partial charge in [0.15, 0.2) is 5.16 Å². The Morgan fingerprint density at radius 2 is 1.49 bits per heavy atom. The summed E-state index contributed by atoms with van der Waals surface area (Å²) >= 11 is 1.46. The molecule has 6 rings (SSSR count). The van der Waals surface area contributed by atoms with Crippen molar-refractivity contribution in [1.82, 2.24) is 24.0 Å². The van der Waals surface area contributed by atoms with Crippen molar-refractivity contribution in [3.63, 3.8) is 0 Å². The lowest BCUT2D eigenvalue weighted by atomic mass is 10.0. The minimum atomic E-state index is -4.37. The van der Waals surface area contributed by atoms with Gasteiger partial charge in [-0.05, 0) is 79.9 Å². The van der Waals surface area contributed by atoms with Gasteiger partial charge in [-0.3, -0.25) is 4.79 Å². The predicted octanol–water partition coefficient (Wildman–Crippen LogP) is 7.63. The maximum Gasteiger partial charge on any atom is 0.416 e. The number of benzene rings is 3. The van der Waals surface area contributed by atoms with Crippen molar-refractivity contribution in [1.29, 1.82) is 0 Å². The lowest BCUT2D eigenvalue weighted by Crippen LogP contribution is -2.24. The summed E-state index contributed by atoms with van der Waals surface area (Å²) in [5.74, 6) is 1.07. The monoisotopic (exact) mass is 683 g/mol. The molecule has 0 radical (unpaired) electrons. The second-order valence-electron chi connectivity index (χ2n) is 11.7. The average Bonchev–Trinajstić information content (AvgIpc) is 3.66. The number of aromatic nitrogens is 4. The fraction of sp³-hybridized carbons (Fsp3) is 0.286. The third-order valence-electron chi connectivity index (χ3n) is 8.12. The summed E-state index contributed by atoms with van der Waals surface area (Å²) in [6.45, 7) is 1.64. The van der Waals surface area contributed by atoms with Gasteiger partial charge in [-0.15, -0.1) is 12.4 Å². The topological polar surface area (TPSA) is 56.0 Å². The first-order chi connectivity index (χ1) is 22.0. The van der Waals surface area contributed by atoms with Crippen LogP contribution < -0.4 is 5.56 Å².